The third-order valence-corrected chi connectivity index (χ3v) is 4.93. The number of morpholine rings is 1. The van der Waals surface area contributed by atoms with Crippen molar-refractivity contribution >= 4 is 5.91 Å². The van der Waals surface area contributed by atoms with E-state index in [0.29, 0.717) is 36.5 Å². The molecule has 0 spiro atoms. The molecule has 9 heteroatoms. The summed E-state index contributed by atoms with van der Waals surface area (Å²) in [5, 5.41) is 4.05. The third kappa shape index (κ3) is 4.57. The van der Waals surface area contributed by atoms with Gasteiger partial charge in [-0.15, -0.1) is 0 Å². The fourth-order valence-electron chi connectivity index (χ4n) is 3.65. The lowest BCUT2D eigenvalue weighted by molar-refractivity contribution is -0.143. The van der Waals surface area contributed by atoms with Gasteiger partial charge in [0.05, 0.1) is 24.9 Å². The molecule has 0 aromatic carbocycles. The highest BCUT2D eigenvalue weighted by atomic mass is 19.4. The molecule has 1 unspecified atom stereocenters. The zero-order valence-corrected chi connectivity index (χ0v) is 16.2. The average molecular weight is 399 g/mol. The van der Waals surface area contributed by atoms with Crippen molar-refractivity contribution in [1.29, 1.82) is 0 Å². The van der Waals surface area contributed by atoms with Crippen LogP contribution in [0.4, 0.5) is 13.2 Å². The number of hydrogen-bond acceptors (Lipinski definition) is 4. The van der Waals surface area contributed by atoms with Gasteiger partial charge in [0.15, 0.2) is 0 Å². The summed E-state index contributed by atoms with van der Waals surface area (Å²) in [6.45, 7) is 4.99. The molecular formula is C19H24F3N3O3. The molecule has 0 bridgehead atoms. The second-order valence-electron chi connectivity index (χ2n) is 7.05. The summed E-state index contributed by atoms with van der Waals surface area (Å²) in [5.74, 6) is 1.45. The van der Waals surface area contributed by atoms with E-state index >= 15 is 0 Å². The van der Waals surface area contributed by atoms with Crippen LogP contribution < -0.4 is 0 Å². The summed E-state index contributed by atoms with van der Waals surface area (Å²) < 4.78 is 50.4. The molecule has 1 saturated heterocycles. The highest BCUT2D eigenvalue weighted by molar-refractivity contribution is 5.77. The Morgan fingerprint density at radius 3 is 2.68 bits per heavy atom. The van der Waals surface area contributed by atoms with Crippen LogP contribution in [0.5, 0.6) is 0 Å². The Kier molecular flexibility index (Phi) is 5.83. The summed E-state index contributed by atoms with van der Waals surface area (Å²) in [7, 11) is 0. The quantitative estimate of drug-likeness (QED) is 0.772. The number of halogens is 3. The first-order valence-corrected chi connectivity index (χ1v) is 9.19. The maximum atomic E-state index is 12.8. The van der Waals surface area contributed by atoms with E-state index in [1.165, 1.54) is 0 Å². The number of aryl methyl sites for hydroxylation is 3. The monoisotopic (exact) mass is 399 g/mol. The van der Waals surface area contributed by atoms with Crippen LogP contribution in [0, 0.1) is 20.8 Å². The molecule has 0 saturated carbocycles. The van der Waals surface area contributed by atoms with Gasteiger partial charge in [0.1, 0.15) is 18.1 Å². The Morgan fingerprint density at radius 1 is 1.29 bits per heavy atom. The average Bonchev–Trinajstić information content (AvgIpc) is 3.14. The second-order valence-corrected chi connectivity index (χ2v) is 7.05. The van der Waals surface area contributed by atoms with E-state index in [-0.39, 0.29) is 18.9 Å². The van der Waals surface area contributed by atoms with Crippen LogP contribution in [0.2, 0.25) is 0 Å². The molecule has 2 aromatic rings. The molecule has 3 rings (SSSR count). The van der Waals surface area contributed by atoms with Gasteiger partial charge in [-0.3, -0.25) is 9.48 Å². The van der Waals surface area contributed by atoms with Crippen molar-refractivity contribution in [3.05, 3.63) is 40.6 Å². The van der Waals surface area contributed by atoms with Gasteiger partial charge in [-0.1, -0.05) is 0 Å². The SMILES string of the molecule is Cc1ccc(CCC(=O)N2CCOCC2c2c(C)nn(CC(F)(F)F)c2C)o1. The molecule has 28 heavy (non-hydrogen) atoms. The molecule has 1 atom stereocenters. The zero-order valence-electron chi connectivity index (χ0n) is 16.2. The number of amides is 1. The highest BCUT2D eigenvalue weighted by Crippen LogP contribution is 2.31. The van der Waals surface area contributed by atoms with Gasteiger partial charge >= 0.3 is 6.18 Å². The predicted molar refractivity (Wildman–Crippen MR) is 94.8 cm³/mol. The summed E-state index contributed by atoms with van der Waals surface area (Å²) in [6, 6.07) is 3.25. The van der Waals surface area contributed by atoms with E-state index in [2.05, 4.69) is 5.10 Å². The Bertz CT molecular complexity index is 841. The van der Waals surface area contributed by atoms with Crippen molar-refractivity contribution in [2.45, 2.75) is 52.4 Å². The molecule has 0 N–H and O–H groups in total. The highest BCUT2D eigenvalue weighted by Gasteiger charge is 2.35. The van der Waals surface area contributed by atoms with Gasteiger partial charge in [-0.25, -0.2) is 0 Å². The molecule has 2 aromatic heterocycles. The first-order valence-electron chi connectivity index (χ1n) is 9.19. The molecule has 1 aliphatic heterocycles. The van der Waals surface area contributed by atoms with Crippen molar-refractivity contribution in [3.63, 3.8) is 0 Å². The van der Waals surface area contributed by atoms with Crippen LogP contribution in [0.1, 0.15) is 40.9 Å². The number of furan rings is 1. The minimum absolute atomic E-state index is 0.0790. The number of carbonyl (C=O) groups is 1. The number of nitrogens with zero attached hydrogens (tertiary/aromatic N) is 3. The van der Waals surface area contributed by atoms with E-state index in [4.69, 9.17) is 9.15 Å². The Morgan fingerprint density at radius 2 is 2.04 bits per heavy atom. The zero-order chi connectivity index (χ0) is 20.5. The lowest BCUT2D eigenvalue weighted by Crippen LogP contribution is -2.43. The number of ether oxygens (including phenoxy) is 1. The Balaban J connectivity index is 1.78. The minimum Gasteiger partial charge on any atom is -0.466 e. The number of rotatable bonds is 5. The first kappa shape index (κ1) is 20.4. The smallest absolute Gasteiger partial charge is 0.408 e. The maximum Gasteiger partial charge on any atom is 0.408 e. The fraction of sp³-hybridized carbons (Fsp3) is 0.579. The van der Waals surface area contributed by atoms with E-state index in [9.17, 15) is 18.0 Å². The number of alkyl halides is 3. The van der Waals surface area contributed by atoms with Gasteiger partial charge < -0.3 is 14.1 Å². The number of hydrogen-bond donors (Lipinski definition) is 0. The van der Waals surface area contributed by atoms with Gasteiger partial charge in [-0.2, -0.15) is 18.3 Å². The molecular weight excluding hydrogens is 375 g/mol. The number of carbonyl (C=O) groups excluding carboxylic acids is 1. The summed E-state index contributed by atoms with van der Waals surface area (Å²) in [5.41, 5.74) is 1.52. The first-order chi connectivity index (χ1) is 13.2. The van der Waals surface area contributed by atoms with Crippen molar-refractivity contribution < 1.29 is 27.1 Å². The van der Waals surface area contributed by atoms with Gasteiger partial charge in [0, 0.05) is 30.6 Å². The number of aromatic nitrogens is 2. The van der Waals surface area contributed by atoms with Crippen LogP contribution in [0.3, 0.4) is 0 Å². The van der Waals surface area contributed by atoms with Gasteiger partial charge in [0.2, 0.25) is 5.91 Å². The molecule has 0 radical (unpaired) electrons. The van der Waals surface area contributed by atoms with Gasteiger partial charge in [0.25, 0.3) is 0 Å². The van der Waals surface area contributed by atoms with Crippen molar-refractivity contribution in [2.24, 2.45) is 0 Å². The standard InChI is InChI=1S/C19H24F3N3O3/c1-12-4-5-15(28-12)6-7-17(26)24-8-9-27-10-16(24)18-13(2)23-25(14(18)3)11-19(20,21)22/h4-5,16H,6-11H2,1-3H3. The van der Waals surface area contributed by atoms with E-state index < -0.39 is 18.8 Å². The van der Waals surface area contributed by atoms with Crippen molar-refractivity contribution in [2.75, 3.05) is 19.8 Å². The normalized spacial score (nSPS) is 17.9. The van der Waals surface area contributed by atoms with Gasteiger partial charge in [-0.05, 0) is 32.9 Å². The van der Waals surface area contributed by atoms with Crippen LogP contribution in [0.15, 0.2) is 16.5 Å². The van der Waals surface area contributed by atoms with Crippen LogP contribution in [0.25, 0.3) is 0 Å². The minimum atomic E-state index is -4.36. The van der Waals surface area contributed by atoms with E-state index in [0.717, 1.165) is 16.2 Å². The Hall–Kier alpha value is -2.29. The Labute approximate surface area is 161 Å². The van der Waals surface area contributed by atoms with Crippen LogP contribution in [-0.4, -0.2) is 46.5 Å². The molecule has 154 valence electrons. The van der Waals surface area contributed by atoms with Crippen LogP contribution >= 0.6 is 0 Å². The second kappa shape index (κ2) is 7.98. The molecule has 6 nitrogen and oxygen atoms in total. The molecule has 0 aliphatic carbocycles. The lowest BCUT2D eigenvalue weighted by atomic mass is 10.0. The summed E-state index contributed by atoms with van der Waals surface area (Å²) in [4.78, 5) is 14.5. The van der Waals surface area contributed by atoms with Crippen LogP contribution in [-0.2, 0) is 22.5 Å². The molecule has 1 fully saturated rings. The fourth-order valence-corrected chi connectivity index (χ4v) is 3.65. The predicted octanol–water partition coefficient (Wildman–Crippen LogP) is 3.50. The summed E-state index contributed by atoms with van der Waals surface area (Å²) >= 11 is 0. The molecule has 1 amide bonds. The molecule has 3 heterocycles. The van der Waals surface area contributed by atoms with Crippen molar-refractivity contribution in [3.8, 4) is 0 Å². The largest absolute Gasteiger partial charge is 0.466 e. The maximum absolute atomic E-state index is 12.8. The van der Waals surface area contributed by atoms with E-state index in [1.807, 2.05) is 19.1 Å². The lowest BCUT2D eigenvalue weighted by Gasteiger charge is -2.36. The van der Waals surface area contributed by atoms with E-state index in [1.54, 1.807) is 18.7 Å². The molecule has 1 aliphatic rings. The summed E-state index contributed by atoms with van der Waals surface area (Å²) in [6.07, 6.45) is -3.62. The topological polar surface area (TPSA) is 60.5 Å². The third-order valence-electron chi connectivity index (χ3n) is 4.93. The van der Waals surface area contributed by atoms with Crippen molar-refractivity contribution in [1.82, 2.24) is 14.7 Å².